The maximum Gasteiger partial charge on any atom is 0.453 e. The van der Waals surface area contributed by atoms with Crippen molar-refractivity contribution in [1.29, 1.82) is 0 Å². The van der Waals surface area contributed by atoms with E-state index in [1.165, 1.54) is 13.2 Å². The Labute approximate surface area is 143 Å². The fraction of sp³-hybridized carbons (Fsp3) is 0.250. The van der Waals surface area contributed by atoms with Crippen LogP contribution < -0.4 is 15.9 Å². The van der Waals surface area contributed by atoms with Gasteiger partial charge in [-0.2, -0.15) is 13.2 Å². The van der Waals surface area contributed by atoms with Gasteiger partial charge in [0.1, 0.15) is 5.75 Å². The van der Waals surface area contributed by atoms with Crippen molar-refractivity contribution in [1.82, 2.24) is 14.9 Å². The minimum atomic E-state index is -4.73. The molecule has 1 aromatic carbocycles. The number of alkyl halides is 3. The van der Waals surface area contributed by atoms with Gasteiger partial charge < -0.3 is 15.9 Å². The van der Waals surface area contributed by atoms with Crippen molar-refractivity contribution in [2.45, 2.75) is 11.3 Å². The topological polar surface area (TPSA) is 95.1 Å². The molecule has 0 aliphatic heterocycles. The van der Waals surface area contributed by atoms with Crippen LogP contribution in [-0.2, 0) is 11.0 Å². The Morgan fingerprint density at radius 3 is 2.75 bits per heavy atom. The summed E-state index contributed by atoms with van der Waals surface area (Å²) in [4.78, 5) is 11.9. The predicted molar refractivity (Wildman–Crippen MR) is 82.5 cm³/mol. The number of hydrogen-bond acceptors (Lipinski definition) is 6. The second-order valence-corrected chi connectivity index (χ2v) is 5.73. The summed E-state index contributed by atoms with van der Waals surface area (Å²) in [5.74, 6) is 3.58. The molecule has 2 rings (SSSR count). The Morgan fingerprint density at radius 2 is 2.17 bits per heavy atom. The number of amides is 1. The zero-order chi connectivity index (χ0) is 17.9. The lowest BCUT2D eigenvalue weighted by Gasteiger charge is -2.10. The Kier molecular flexibility index (Phi) is 5.44. The van der Waals surface area contributed by atoms with Gasteiger partial charge in [-0.3, -0.25) is 4.79 Å². The molecule has 0 atom stereocenters. The van der Waals surface area contributed by atoms with Crippen molar-refractivity contribution in [3.05, 3.63) is 29.0 Å². The zero-order valence-corrected chi connectivity index (χ0v) is 13.7. The molecule has 12 heteroatoms. The van der Waals surface area contributed by atoms with Crippen LogP contribution in [0.5, 0.6) is 5.75 Å². The van der Waals surface area contributed by atoms with E-state index in [-0.39, 0.29) is 15.6 Å². The first-order chi connectivity index (χ1) is 11.2. The molecule has 0 saturated carbocycles. The van der Waals surface area contributed by atoms with Crippen molar-refractivity contribution < 1.29 is 22.7 Å². The Hall–Kier alpha value is -2.14. The second-order valence-electron chi connectivity index (χ2n) is 4.36. The Balaban J connectivity index is 2.02. The number of anilines is 1. The number of benzene rings is 1. The molecule has 1 amide bonds. The summed E-state index contributed by atoms with van der Waals surface area (Å²) in [6.07, 6.45) is -4.73. The van der Waals surface area contributed by atoms with E-state index < -0.39 is 17.9 Å². The van der Waals surface area contributed by atoms with Gasteiger partial charge in [0.05, 0.1) is 18.6 Å². The van der Waals surface area contributed by atoms with Crippen LogP contribution in [0.15, 0.2) is 23.4 Å². The summed E-state index contributed by atoms with van der Waals surface area (Å²) in [6.45, 7) is 0. The van der Waals surface area contributed by atoms with Crippen molar-refractivity contribution in [3.63, 3.8) is 0 Å². The fourth-order valence-corrected chi connectivity index (χ4v) is 2.49. The molecule has 24 heavy (non-hydrogen) atoms. The molecule has 1 aromatic heterocycles. The molecule has 0 spiro atoms. The van der Waals surface area contributed by atoms with Gasteiger partial charge in [-0.15, -0.1) is 10.2 Å². The first kappa shape index (κ1) is 18.2. The molecule has 130 valence electrons. The van der Waals surface area contributed by atoms with Gasteiger partial charge in [-0.05, 0) is 18.2 Å². The normalized spacial score (nSPS) is 11.4. The lowest BCUT2D eigenvalue weighted by atomic mass is 10.3. The third-order valence-corrected chi connectivity index (χ3v) is 3.86. The summed E-state index contributed by atoms with van der Waals surface area (Å²) in [7, 11) is 1.42. The van der Waals surface area contributed by atoms with E-state index in [1.54, 1.807) is 12.1 Å². The second kappa shape index (κ2) is 7.18. The lowest BCUT2D eigenvalue weighted by Crippen LogP contribution is -2.22. The van der Waals surface area contributed by atoms with Crippen LogP contribution in [0.3, 0.4) is 0 Å². The highest BCUT2D eigenvalue weighted by Crippen LogP contribution is 2.30. The molecule has 0 radical (unpaired) electrons. The number of carbonyl (C=O) groups is 1. The number of nitrogen functional groups attached to an aromatic ring is 1. The largest absolute Gasteiger partial charge is 0.495 e. The number of nitrogens with one attached hydrogen (secondary N) is 1. The Morgan fingerprint density at radius 1 is 1.46 bits per heavy atom. The third kappa shape index (κ3) is 4.23. The van der Waals surface area contributed by atoms with Gasteiger partial charge in [-0.25, -0.2) is 4.68 Å². The molecular formula is C12H11ClF3N5O2S. The average Bonchev–Trinajstić information content (AvgIpc) is 2.86. The predicted octanol–water partition coefficient (Wildman–Crippen LogP) is 2.40. The summed E-state index contributed by atoms with van der Waals surface area (Å²) < 4.78 is 43.0. The maximum absolute atomic E-state index is 12.6. The lowest BCUT2D eigenvalue weighted by molar-refractivity contribution is -0.146. The number of rotatable bonds is 5. The SMILES string of the molecule is COc1ccc(Cl)cc1NC(=O)CSc1nnc(C(F)(F)F)n1N. The van der Waals surface area contributed by atoms with E-state index in [0.29, 0.717) is 28.2 Å². The molecule has 1 heterocycles. The van der Waals surface area contributed by atoms with Gasteiger partial charge in [0.15, 0.2) is 0 Å². The number of carbonyl (C=O) groups excluding carboxylic acids is 1. The van der Waals surface area contributed by atoms with Crippen LogP contribution in [0.4, 0.5) is 18.9 Å². The maximum atomic E-state index is 12.6. The van der Waals surface area contributed by atoms with Gasteiger partial charge in [0, 0.05) is 5.02 Å². The Bertz CT molecular complexity index is 753. The zero-order valence-electron chi connectivity index (χ0n) is 12.1. The number of aromatic nitrogens is 3. The van der Waals surface area contributed by atoms with Crippen LogP contribution in [0, 0.1) is 0 Å². The van der Waals surface area contributed by atoms with E-state index in [9.17, 15) is 18.0 Å². The smallest absolute Gasteiger partial charge is 0.453 e. The number of nitrogens with zero attached hydrogens (tertiary/aromatic N) is 3. The standard InChI is InChI=1S/C12H11ClF3N5O2S/c1-23-8-3-2-6(13)4-7(8)18-9(22)5-24-11-20-19-10(21(11)17)12(14,15)16/h2-4H,5,17H2,1H3,(H,18,22). The van der Waals surface area contributed by atoms with Gasteiger partial charge >= 0.3 is 6.18 Å². The van der Waals surface area contributed by atoms with Crippen LogP contribution in [-0.4, -0.2) is 33.6 Å². The molecule has 2 aromatic rings. The number of ether oxygens (including phenoxy) is 1. The monoisotopic (exact) mass is 381 g/mol. The number of thioether (sulfide) groups is 1. The van der Waals surface area contributed by atoms with Crippen LogP contribution in [0.25, 0.3) is 0 Å². The quantitative estimate of drug-likeness (QED) is 0.610. The van der Waals surface area contributed by atoms with E-state index in [0.717, 1.165) is 0 Å². The molecule has 0 fully saturated rings. The van der Waals surface area contributed by atoms with Crippen molar-refractivity contribution >= 4 is 35.0 Å². The molecule has 0 aliphatic rings. The third-order valence-electron chi connectivity index (χ3n) is 2.69. The molecule has 7 nitrogen and oxygen atoms in total. The van der Waals surface area contributed by atoms with E-state index in [2.05, 4.69) is 15.5 Å². The highest BCUT2D eigenvalue weighted by molar-refractivity contribution is 7.99. The van der Waals surface area contributed by atoms with Crippen molar-refractivity contribution in [3.8, 4) is 5.75 Å². The highest BCUT2D eigenvalue weighted by atomic mass is 35.5. The van der Waals surface area contributed by atoms with E-state index in [1.807, 2.05) is 0 Å². The van der Waals surface area contributed by atoms with Crippen molar-refractivity contribution in [2.75, 3.05) is 24.0 Å². The molecule has 0 bridgehead atoms. The van der Waals surface area contributed by atoms with Crippen LogP contribution >= 0.6 is 23.4 Å². The minimum Gasteiger partial charge on any atom is -0.495 e. The molecule has 0 saturated heterocycles. The number of methoxy groups -OCH3 is 1. The van der Waals surface area contributed by atoms with Crippen LogP contribution in [0.2, 0.25) is 5.02 Å². The van der Waals surface area contributed by atoms with E-state index in [4.69, 9.17) is 22.2 Å². The van der Waals surface area contributed by atoms with Crippen molar-refractivity contribution in [2.24, 2.45) is 0 Å². The highest BCUT2D eigenvalue weighted by Gasteiger charge is 2.38. The number of nitrogens with two attached hydrogens (primary N) is 1. The van der Waals surface area contributed by atoms with Gasteiger partial charge in [0.25, 0.3) is 5.82 Å². The van der Waals surface area contributed by atoms with Gasteiger partial charge in [0.2, 0.25) is 11.1 Å². The molecular weight excluding hydrogens is 371 g/mol. The molecule has 0 unspecified atom stereocenters. The number of hydrogen-bond donors (Lipinski definition) is 2. The minimum absolute atomic E-state index is 0.233. The first-order valence-electron chi connectivity index (χ1n) is 6.26. The molecule has 3 N–H and O–H groups in total. The summed E-state index contributed by atoms with van der Waals surface area (Å²) in [5, 5.41) is 8.96. The first-order valence-corrected chi connectivity index (χ1v) is 7.62. The summed E-state index contributed by atoms with van der Waals surface area (Å²) >= 11 is 6.55. The van der Waals surface area contributed by atoms with Gasteiger partial charge in [-0.1, -0.05) is 23.4 Å². The summed E-state index contributed by atoms with van der Waals surface area (Å²) in [5.41, 5.74) is 0.334. The summed E-state index contributed by atoms with van der Waals surface area (Å²) in [6, 6.07) is 4.63. The molecule has 0 aliphatic carbocycles. The number of halogens is 4. The van der Waals surface area contributed by atoms with E-state index >= 15 is 0 Å². The van der Waals surface area contributed by atoms with Crippen LogP contribution in [0.1, 0.15) is 5.82 Å². The average molecular weight is 382 g/mol. The fourth-order valence-electron chi connectivity index (χ4n) is 1.66.